The molecule has 0 fully saturated rings. The molecule has 0 bridgehead atoms. The van der Waals surface area contributed by atoms with Crippen molar-refractivity contribution in [3.05, 3.63) is 64.6 Å². The van der Waals surface area contributed by atoms with Gasteiger partial charge in [-0.15, -0.1) is 5.10 Å². The molecule has 2 aromatic heterocycles. The molecular weight excluding hydrogens is 348 g/mol. The molecule has 0 saturated carbocycles. The van der Waals surface area contributed by atoms with Gasteiger partial charge in [-0.1, -0.05) is 41.7 Å². The Hall–Kier alpha value is -2.93. The van der Waals surface area contributed by atoms with Crippen LogP contribution < -0.4 is 15.6 Å². The molecule has 4 rings (SSSR count). The molecule has 0 saturated heterocycles. The summed E-state index contributed by atoms with van der Waals surface area (Å²) in [6.45, 7) is 4.56. The van der Waals surface area contributed by atoms with E-state index >= 15 is 0 Å². The fourth-order valence-electron chi connectivity index (χ4n) is 2.84. The number of rotatable bonds is 5. The summed E-state index contributed by atoms with van der Waals surface area (Å²) in [5.74, 6) is 0.850. The molecular formula is C19H18N4O2S. The average Bonchev–Trinajstić information content (AvgIpc) is 3.05. The first kappa shape index (κ1) is 16.5. The van der Waals surface area contributed by atoms with E-state index in [1.807, 2.05) is 32.0 Å². The van der Waals surface area contributed by atoms with Gasteiger partial charge in [-0.25, -0.2) is 4.98 Å². The molecule has 132 valence electrons. The molecule has 1 N–H and O–H groups in total. The van der Waals surface area contributed by atoms with Crippen molar-refractivity contribution in [1.82, 2.24) is 14.6 Å². The highest BCUT2D eigenvalue weighted by Gasteiger charge is 2.12. The van der Waals surface area contributed by atoms with Crippen LogP contribution in [0.2, 0.25) is 0 Å². The number of hydrogen-bond donors (Lipinski definition) is 1. The zero-order chi connectivity index (χ0) is 18.1. The lowest BCUT2D eigenvalue weighted by Gasteiger charge is -2.16. The van der Waals surface area contributed by atoms with Gasteiger partial charge >= 0.3 is 0 Å². The number of anilines is 1. The first-order chi connectivity index (χ1) is 12.6. The van der Waals surface area contributed by atoms with Gasteiger partial charge in [0.25, 0.3) is 5.56 Å². The van der Waals surface area contributed by atoms with Gasteiger partial charge in [-0.3, -0.25) is 4.79 Å². The van der Waals surface area contributed by atoms with Crippen LogP contribution in [0.15, 0.2) is 53.5 Å². The van der Waals surface area contributed by atoms with E-state index in [4.69, 9.17) is 4.74 Å². The Morgan fingerprint density at radius 1 is 1.19 bits per heavy atom. The van der Waals surface area contributed by atoms with E-state index in [1.165, 1.54) is 28.1 Å². The van der Waals surface area contributed by atoms with Crippen molar-refractivity contribution in [2.75, 3.05) is 5.32 Å². The molecule has 0 aliphatic heterocycles. The number of benzene rings is 2. The highest BCUT2D eigenvalue weighted by Crippen LogP contribution is 2.30. The van der Waals surface area contributed by atoms with Crippen LogP contribution in [0.1, 0.15) is 19.4 Å². The van der Waals surface area contributed by atoms with Gasteiger partial charge in [-0.05, 0) is 30.7 Å². The Bertz CT molecular complexity index is 1130. The van der Waals surface area contributed by atoms with Gasteiger partial charge in [0, 0.05) is 24.4 Å². The Morgan fingerprint density at radius 2 is 2.04 bits per heavy atom. The second-order valence-corrected chi connectivity index (χ2v) is 7.12. The van der Waals surface area contributed by atoms with Crippen molar-refractivity contribution < 1.29 is 4.74 Å². The van der Waals surface area contributed by atoms with Crippen LogP contribution in [0.3, 0.4) is 0 Å². The van der Waals surface area contributed by atoms with Crippen molar-refractivity contribution in [2.24, 2.45) is 0 Å². The molecule has 7 heteroatoms. The Labute approximate surface area is 154 Å². The van der Waals surface area contributed by atoms with Gasteiger partial charge in [-0.2, -0.15) is 4.52 Å². The minimum atomic E-state index is -0.187. The molecule has 0 radical (unpaired) electrons. The zero-order valence-electron chi connectivity index (χ0n) is 14.5. The second kappa shape index (κ2) is 6.76. The molecule has 0 spiro atoms. The minimum Gasteiger partial charge on any atom is -0.491 e. The van der Waals surface area contributed by atoms with Crippen LogP contribution in [0.5, 0.6) is 5.75 Å². The Morgan fingerprint density at radius 3 is 2.85 bits per heavy atom. The average molecular weight is 366 g/mol. The van der Waals surface area contributed by atoms with Gasteiger partial charge in [0.1, 0.15) is 5.75 Å². The van der Waals surface area contributed by atoms with Gasteiger partial charge < -0.3 is 10.1 Å². The Kier molecular flexibility index (Phi) is 4.30. The molecule has 2 aromatic carbocycles. The first-order valence-electron chi connectivity index (χ1n) is 8.38. The topological polar surface area (TPSA) is 68.5 Å². The van der Waals surface area contributed by atoms with Crippen LogP contribution in [0, 0.1) is 0 Å². The monoisotopic (exact) mass is 366 g/mol. The molecule has 6 nitrogen and oxygen atoms in total. The molecule has 4 aromatic rings. The second-order valence-electron chi connectivity index (χ2n) is 6.17. The fraction of sp³-hybridized carbons (Fsp3) is 0.211. The first-order valence-corrected chi connectivity index (χ1v) is 9.19. The lowest BCUT2D eigenvalue weighted by molar-refractivity contribution is 0.240. The minimum absolute atomic E-state index is 0.0835. The SMILES string of the molecule is CC(C)Oc1ccc2ccccc2c1CNc1nn2c(=O)ccnc2s1. The lowest BCUT2D eigenvalue weighted by Crippen LogP contribution is -2.13. The summed E-state index contributed by atoms with van der Waals surface area (Å²) < 4.78 is 7.30. The zero-order valence-corrected chi connectivity index (χ0v) is 15.3. The number of aromatic nitrogens is 3. The number of hydrogen-bond acceptors (Lipinski definition) is 6. The molecule has 0 aliphatic carbocycles. The van der Waals surface area contributed by atoms with E-state index in [-0.39, 0.29) is 11.7 Å². The predicted octanol–water partition coefficient (Wildman–Crippen LogP) is 3.70. The number of nitrogens with one attached hydrogen (secondary N) is 1. The van der Waals surface area contributed by atoms with E-state index in [1.54, 1.807) is 0 Å². The number of nitrogens with zero attached hydrogens (tertiary/aromatic N) is 3. The molecule has 2 heterocycles. The van der Waals surface area contributed by atoms with E-state index in [9.17, 15) is 4.79 Å². The standard InChI is InChI=1S/C19H18N4O2S/c1-12(2)25-16-8-7-13-5-3-4-6-14(13)15(16)11-21-18-22-23-17(24)9-10-20-19(23)26-18/h3-10,12H,11H2,1-2H3,(H,21,22). The molecule has 0 aliphatic rings. The number of fused-ring (bicyclic) bond motifs is 2. The highest BCUT2D eigenvalue weighted by molar-refractivity contribution is 7.20. The maximum absolute atomic E-state index is 11.8. The van der Waals surface area contributed by atoms with Crippen LogP contribution in [0.25, 0.3) is 15.7 Å². The van der Waals surface area contributed by atoms with Crippen LogP contribution >= 0.6 is 11.3 Å². The van der Waals surface area contributed by atoms with Crippen LogP contribution in [-0.4, -0.2) is 20.7 Å². The summed E-state index contributed by atoms with van der Waals surface area (Å²) in [5.41, 5.74) is 0.879. The van der Waals surface area contributed by atoms with Crippen molar-refractivity contribution in [2.45, 2.75) is 26.5 Å². The summed E-state index contributed by atoms with van der Waals surface area (Å²) in [6.07, 6.45) is 1.58. The normalized spacial score (nSPS) is 11.3. The van der Waals surface area contributed by atoms with Gasteiger partial charge in [0.2, 0.25) is 10.1 Å². The van der Waals surface area contributed by atoms with Crippen molar-refractivity contribution in [3.8, 4) is 5.75 Å². The molecule has 0 amide bonds. The van der Waals surface area contributed by atoms with Gasteiger partial charge in [0.05, 0.1) is 6.10 Å². The summed E-state index contributed by atoms with van der Waals surface area (Å²) in [6, 6.07) is 13.7. The third-order valence-electron chi connectivity index (χ3n) is 3.95. The van der Waals surface area contributed by atoms with E-state index in [0.717, 1.165) is 22.1 Å². The van der Waals surface area contributed by atoms with Crippen LogP contribution in [0.4, 0.5) is 5.13 Å². The summed E-state index contributed by atoms with van der Waals surface area (Å²) in [4.78, 5) is 16.6. The fourth-order valence-corrected chi connectivity index (χ4v) is 3.61. The van der Waals surface area contributed by atoms with Crippen molar-refractivity contribution in [3.63, 3.8) is 0 Å². The summed E-state index contributed by atoms with van der Waals surface area (Å²) in [7, 11) is 0. The third-order valence-corrected chi connectivity index (χ3v) is 4.83. The quantitative estimate of drug-likeness (QED) is 0.583. The molecule has 0 unspecified atom stereocenters. The third kappa shape index (κ3) is 3.13. The lowest BCUT2D eigenvalue weighted by atomic mass is 10.0. The highest BCUT2D eigenvalue weighted by atomic mass is 32.1. The summed E-state index contributed by atoms with van der Waals surface area (Å²) in [5, 5.41) is 10.5. The number of ether oxygens (including phenoxy) is 1. The van der Waals surface area contributed by atoms with Crippen LogP contribution in [-0.2, 0) is 6.54 Å². The summed E-state index contributed by atoms with van der Waals surface area (Å²) >= 11 is 1.34. The van der Waals surface area contributed by atoms with Crippen molar-refractivity contribution >= 4 is 32.2 Å². The molecule has 0 atom stereocenters. The smallest absolute Gasteiger partial charge is 0.275 e. The largest absolute Gasteiger partial charge is 0.491 e. The van der Waals surface area contributed by atoms with E-state index in [2.05, 4.69) is 33.6 Å². The van der Waals surface area contributed by atoms with E-state index < -0.39 is 0 Å². The van der Waals surface area contributed by atoms with Gasteiger partial charge in [0.15, 0.2) is 0 Å². The maximum Gasteiger partial charge on any atom is 0.275 e. The Balaban J connectivity index is 1.70. The maximum atomic E-state index is 11.8. The van der Waals surface area contributed by atoms with Crippen molar-refractivity contribution in [1.29, 1.82) is 0 Å². The van der Waals surface area contributed by atoms with E-state index in [0.29, 0.717) is 16.6 Å². The molecule has 26 heavy (non-hydrogen) atoms. The predicted molar refractivity (Wildman–Crippen MR) is 104 cm³/mol.